The van der Waals surface area contributed by atoms with Gasteiger partial charge in [0.05, 0.1) is 33.8 Å². The lowest BCUT2D eigenvalue weighted by Gasteiger charge is -2.26. The maximum absolute atomic E-state index is 12.7. The highest BCUT2D eigenvalue weighted by atomic mass is 35.5. The molecule has 2 N–H and O–H groups in total. The molecular weight excluding hydrogens is 413 g/mol. The quantitative estimate of drug-likeness (QED) is 0.775. The molecule has 0 unspecified atom stereocenters. The number of carbonyl (C=O) groups is 1. The molecule has 0 saturated carbocycles. The van der Waals surface area contributed by atoms with Crippen molar-refractivity contribution in [2.45, 2.75) is 4.90 Å². The summed E-state index contributed by atoms with van der Waals surface area (Å²) in [5, 5.41) is 5.70. The SMILES string of the molecule is O=C(Nc1cccc(S(=O)(=O)N2CCOCC2)c1)Nc1cccc(Cl)c1Cl. The zero-order valence-corrected chi connectivity index (χ0v) is 16.4. The predicted molar refractivity (Wildman–Crippen MR) is 105 cm³/mol. The third-order valence-electron chi connectivity index (χ3n) is 3.90. The van der Waals surface area contributed by atoms with Crippen LogP contribution >= 0.6 is 23.2 Å². The summed E-state index contributed by atoms with van der Waals surface area (Å²) in [5.74, 6) is 0. The van der Waals surface area contributed by atoms with Crippen LogP contribution in [-0.2, 0) is 14.8 Å². The number of morpholine rings is 1. The molecule has 1 heterocycles. The van der Waals surface area contributed by atoms with Crippen molar-refractivity contribution in [2.75, 3.05) is 36.9 Å². The van der Waals surface area contributed by atoms with Gasteiger partial charge in [-0.3, -0.25) is 0 Å². The van der Waals surface area contributed by atoms with Gasteiger partial charge in [-0.05, 0) is 30.3 Å². The molecule has 144 valence electrons. The lowest BCUT2D eigenvalue weighted by atomic mass is 10.3. The first kappa shape index (κ1) is 19.9. The van der Waals surface area contributed by atoms with E-state index in [0.717, 1.165) is 0 Å². The molecule has 0 aromatic heterocycles. The van der Waals surface area contributed by atoms with E-state index in [-0.39, 0.29) is 9.92 Å². The van der Waals surface area contributed by atoms with E-state index in [4.69, 9.17) is 27.9 Å². The summed E-state index contributed by atoms with van der Waals surface area (Å²) in [6.07, 6.45) is 0. The lowest BCUT2D eigenvalue weighted by Crippen LogP contribution is -2.40. The van der Waals surface area contributed by atoms with Gasteiger partial charge in [0.25, 0.3) is 0 Å². The average molecular weight is 430 g/mol. The third-order valence-corrected chi connectivity index (χ3v) is 6.61. The molecule has 2 aromatic rings. The second-order valence-electron chi connectivity index (χ2n) is 5.72. The van der Waals surface area contributed by atoms with Gasteiger partial charge in [0.15, 0.2) is 0 Å². The van der Waals surface area contributed by atoms with Crippen molar-refractivity contribution in [1.29, 1.82) is 0 Å². The number of nitrogens with one attached hydrogen (secondary N) is 2. The van der Waals surface area contributed by atoms with E-state index in [9.17, 15) is 13.2 Å². The van der Waals surface area contributed by atoms with E-state index >= 15 is 0 Å². The van der Waals surface area contributed by atoms with Crippen LogP contribution in [-0.4, -0.2) is 45.1 Å². The van der Waals surface area contributed by atoms with E-state index < -0.39 is 16.1 Å². The summed E-state index contributed by atoms with van der Waals surface area (Å²) in [7, 11) is -3.65. The molecule has 1 aliphatic heterocycles. The zero-order valence-electron chi connectivity index (χ0n) is 14.1. The molecule has 2 aromatic carbocycles. The Kier molecular flexibility index (Phi) is 6.23. The Morgan fingerprint density at radius 2 is 1.74 bits per heavy atom. The highest BCUT2D eigenvalue weighted by Crippen LogP contribution is 2.29. The molecule has 0 aliphatic carbocycles. The molecule has 1 aliphatic rings. The standard InChI is InChI=1S/C17H17Cl2N3O4S/c18-14-5-2-6-15(16(14)19)21-17(23)20-12-3-1-4-13(11-12)27(24,25)22-7-9-26-10-8-22/h1-6,11H,7-10H2,(H2,20,21,23). The molecule has 0 bridgehead atoms. The maximum atomic E-state index is 12.7. The molecule has 10 heteroatoms. The summed E-state index contributed by atoms with van der Waals surface area (Å²) in [4.78, 5) is 12.3. The van der Waals surface area contributed by atoms with E-state index in [2.05, 4.69) is 10.6 Å². The Bertz CT molecular complexity index is 947. The van der Waals surface area contributed by atoms with E-state index in [1.165, 1.54) is 16.4 Å². The molecule has 3 rings (SSSR count). The van der Waals surface area contributed by atoms with Crippen LogP contribution in [0, 0.1) is 0 Å². The molecule has 1 fully saturated rings. The number of hydrogen-bond donors (Lipinski definition) is 2. The van der Waals surface area contributed by atoms with Crippen molar-refractivity contribution in [2.24, 2.45) is 0 Å². The number of anilines is 2. The first-order chi connectivity index (χ1) is 12.9. The molecule has 2 amide bonds. The van der Waals surface area contributed by atoms with Crippen LogP contribution in [0.15, 0.2) is 47.4 Å². The highest BCUT2D eigenvalue weighted by molar-refractivity contribution is 7.89. The lowest BCUT2D eigenvalue weighted by molar-refractivity contribution is 0.0730. The average Bonchev–Trinajstić information content (AvgIpc) is 2.66. The van der Waals surface area contributed by atoms with Crippen LogP contribution in [0.1, 0.15) is 0 Å². The van der Waals surface area contributed by atoms with Crippen LogP contribution in [0.4, 0.5) is 16.2 Å². The predicted octanol–water partition coefficient (Wildman–Crippen LogP) is 3.66. The van der Waals surface area contributed by atoms with Crippen LogP contribution in [0.2, 0.25) is 10.0 Å². The summed E-state index contributed by atoms with van der Waals surface area (Å²) in [6.45, 7) is 1.32. The van der Waals surface area contributed by atoms with Gasteiger partial charge in [-0.25, -0.2) is 13.2 Å². The van der Waals surface area contributed by atoms with Crippen LogP contribution in [0.5, 0.6) is 0 Å². The number of halogens is 2. The van der Waals surface area contributed by atoms with Gasteiger partial charge in [-0.15, -0.1) is 0 Å². The fourth-order valence-electron chi connectivity index (χ4n) is 2.56. The third kappa shape index (κ3) is 4.72. The van der Waals surface area contributed by atoms with Gasteiger partial charge >= 0.3 is 6.03 Å². The molecule has 0 radical (unpaired) electrons. The number of rotatable bonds is 4. The van der Waals surface area contributed by atoms with Gasteiger partial charge in [0.1, 0.15) is 0 Å². The fraction of sp³-hybridized carbons (Fsp3) is 0.235. The summed E-state index contributed by atoms with van der Waals surface area (Å²) >= 11 is 12.0. The van der Waals surface area contributed by atoms with Gasteiger partial charge in [0.2, 0.25) is 10.0 Å². The van der Waals surface area contributed by atoms with Crippen LogP contribution in [0.3, 0.4) is 0 Å². The van der Waals surface area contributed by atoms with Gasteiger partial charge in [-0.2, -0.15) is 4.31 Å². The van der Waals surface area contributed by atoms with E-state index in [1.54, 1.807) is 30.3 Å². The highest BCUT2D eigenvalue weighted by Gasteiger charge is 2.26. The van der Waals surface area contributed by atoms with Crippen molar-refractivity contribution < 1.29 is 17.9 Å². The van der Waals surface area contributed by atoms with Crippen molar-refractivity contribution in [3.8, 4) is 0 Å². The van der Waals surface area contributed by atoms with Gasteiger partial charge in [-0.1, -0.05) is 35.3 Å². The first-order valence-electron chi connectivity index (χ1n) is 8.08. The maximum Gasteiger partial charge on any atom is 0.323 e. The number of amides is 2. The van der Waals surface area contributed by atoms with Crippen LogP contribution in [0.25, 0.3) is 0 Å². The normalized spacial score (nSPS) is 15.3. The second kappa shape index (κ2) is 8.45. The molecule has 1 saturated heterocycles. The Morgan fingerprint density at radius 3 is 2.48 bits per heavy atom. The number of hydrogen-bond acceptors (Lipinski definition) is 4. The molecule has 0 atom stereocenters. The Labute approximate surface area is 167 Å². The fourth-order valence-corrected chi connectivity index (χ4v) is 4.36. The number of ether oxygens (including phenoxy) is 1. The number of sulfonamides is 1. The molecule has 7 nitrogen and oxygen atoms in total. The summed E-state index contributed by atoms with van der Waals surface area (Å²) in [5.41, 5.74) is 0.679. The second-order valence-corrected chi connectivity index (χ2v) is 8.45. The smallest absolute Gasteiger partial charge is 0.323 e. The van der Waals surface area contributed by atoms with Crippen LogP contribution < -0.4 is 10.6 Å². The number of benzene rings is 2. The van der Waals surface area contributed by atoms with Crippen molar-refractivity contribution in [3.05, 3.63) is 52.5 Å². The first-order valence-corrected chi connectivity index (χ1v) is 10.3. The number of nitrogens with zero attached hydrogens (tertiary/aromatic N) is 1. The molecular formula is C17H17Cl2N3O4S. The molecule has 27 heavy (non-hydrogen) atoms. The topological polar surface area (TPSA) is 87.7 Å². The van der Waals surface area contributed by atoms with Crippen molar-refractivity contribution in [3.63, 3.8) is 0 Å². The monoisotopic (exact) mass is 429 g/mol. The van der Waals surface area contributed by atoms with E-state index in [0.29, 0.717) is 42.7 Å². The Hall–Kier alpha value is -1.84. The minimum Gasteiger partial charge on any atom is -0.379 e. The largest absolute Gasteiger partial charge is 0.379 e. The molecule has 0 spiro atoms. The minimum absolute atomic E-state index is 0.1000. The summed E-state index contributed by atoms with van der Waals surface area (Å²) in [6, 6.07) is 10.3. The Balaban J connectivity index is 1.73. The summed E-state index contributed by atoms with van der Waals surface area (Å²) < 4.78 is 32.0. The van der Waals surface area contributed by atoms with Crippen molar-refractivity contribution in [1.82, 2.24) is 4.31 Å². The Morgan fingerprint density at radius 1 is 1.04 bits per heavy atom. The van der Waals surface area contributed by atoms with E-state index in [1.807, 2.05) is 0 Å². The van der Waals surface area contributed by atoms with Crippen molar-refractivity contribution >= 4 is 50.6 Å². The number of urea groups is 1. The van der Waals surface area contributed by atoms with Gasteiger partial charge in [0, 0.05) is 18.8 Å². The minimum atomic E-state index is -3.65. The number of carbonyl (C=O) groups excluding carboxylic acids is 1. The zero-order chi connectivity index (χ0) is 19.4. The van der Waals surface area contributed by atoms with Gasteiger partial charge < -0.3 is 15.4 Å².